The molecule has 0 spiro atoms. The topological polar surface area (TPSA) is 93.1 Å². The molecule has 2 heterocycles. The first-order chi connectivity index (χ1) is 14.4. The van der Waals surface area contributed by atoms with Gasteiger partial charge in [0, 0.05) is 34.7 Å². The molecule has 0 atom stereocenters. The van der Waals surface area contributed by atoms with E-state index in [0.717, 1.165) is 16.5 Å². The van der Waals surface area contributed by atoms with Crippen LogP contribution in [0.1, 0.15) is 23.0 Å². The number of carbonyl (C=O) groups is 1. The number of nitrogens with one attached hydrogen (secondary N) is 2. The third-order valence-electron chi connectivity index (χ3n) is 4.83. The minimum atomic E-state index is -3.73. The SMILES string of the molecule is CCn1c(C(=O)Nc2ccc(S(=O)(=O)Nc3nccs3)cc2)c(C)c2ccccc21. The molecule has 1 amide bonds. The van der Waals surface area contributed by atoms with Gasteiger partial charge in [-0.05, 0) is 49.7 Å². The quantitative estimate of drug-likeness (QED) is 0.462. The summed E-state index contributed by atoms with van der Waals surface area (Å²) in [5.74, 6) is -0.234. The highest BCUT2D eigenvalue weighted by atomic mass is 32.2. The molecule has 30 heavy (non-hydrogen) atoms. The standard InChI is InChI=1S/C21H20N4O3S2/c1-3-25-18-7-5-4-6-17(18)14(2)19(25)20(26)23-15-8-10-16(11-9-15)30(27,28)24-21-22-12-13-29-21/h4-13H,3H2,1-2H3,(H,22,24)(H,23,26). The van der Waals surface area contributed by atoms with Crippen LogP contribution in [0.15, 0.2) is 65.0 Å². The van der Waals surface area contributed by atoms with Crippen molar-refractivity contribution in [1.82, 2.24) is 9.55 Å². The maximum absolute atomic E-state index is 13.0. The number of thiazole rings is 1. The maximum Gasteiger partial charge on any atom is 0.272 e. The third kappa shape index (κ3) is 3.69. The molecule has 0 radical (unpaired) electrons. The fourth-order valence-corrected chi connectivity index (χ4v) is 5.24. The van der Waals surface area contributed by atoms with Gasteiger partial charge in [-0.15, -0.1) is 11.3 Å². The second kappa shape index (κ2) is 7.92. The summed E-state index contributed by atoms with van der Waals surface area (Å²) < 4.78 is 29.3. The van der Waals surface area contributed by atoms with E-state index in [9.17, 15) is 13.2 Å². The Morgan fingerprint density at radius 2 is 1.87 bits per heavy atom. The number of para-hydroxylation sites is 1. The van der Waals surface area contributed by atoms with Gasteiger partial charge in [0.05, 0.1) is 4.90 Å². The predicted molar refractivity (Wildman–Crippen MR) is 120 cm³/mol. The zero-order valence-electron chi connectivity index (χ0n) is 16.4. The average molecular weight is 441 g/mol. The Bertz CT molecular complexity index is 1310. The van der Waals surface area contributed by atoms with E-state index in [1.807, 2.05) is 42.7 Å². The molecule has 2 aromatic carbocycles. The number of hydrogen-bond acceptors (Lipinski definition) is 5. The summed E-state index contributed by atoms with van der Waals surface area (Å²) in [6, 6.07) is 14.0. The lowest BCUT2D eigenvalue weighted by Gasteiger charge is -2.11. The lowest BCUT2D eigenvalue weighted by atomic mass is 10.1. The van der Waals surface area contributed by atoms with E-state index < -0.39 is 10.0 Å². The van der Waals surface area contributed by atoms with Crippen LogP contribution in [0.2, 0.25) is 0 Å². The first-order valence-corrected chi connectivity index (χ1v) is 11.7. The van der Waals surface area contributed by atoms with Crippen molar-refractivity contribution in [2.75, 3.05) is 10.0 Å². The van der Waals surface area contributed by atoms with Gasteiger partial charge in [0.15, 0.2) is 5.13 Å². The van der Waals surface area contributed by atoms with Crippen molar-refractivity contribution in [2.24, 2.45) is 0 Å². The van der Waals surface area contributed by atoms with Crippen LogP contribution in [0.25, 0.3) is 10.9 Å². The fraction of sp³-hybridized carbons (Fsp3) is 0.143. The Morgan fingerprint density at radius 1 is 1.13 bits per heavy atom. The molecule has 0 saturated carbocycles. The first kappa shape index (κ1) is 20.1. The molecule has 0 aliphatic rings. The summed E-state index contributed by atoms with van der Waals surface area (Å²) in [4.78, 5) is 17.0. The summed E-state index contributed by atoms with van der Waals surface area (Å²) in [6.45, 7) is 4.60. The lowest BCUT2D eigenvalue weighted by molar-refractivity contribution is 0.101. The molecule has 0 aliphatic heterocycles. The second-order valence-electron chi connectivity index (χ2n) is 6.66. The number of rotatable bonds is 6. The van der Waals surface area contributed by atoms with Gasteiger partial charge in [-0.25, -0.2) is 13.4 Å². The number of aromatic nitrogens is 2. The van der Waals surface area contributed by atoms with Crippen LogP contribution in [-0.4, -0.2) is 23.9 Å². The van der Waals surface area contributed by atoms with Crippen molar-refractivity contribution >= 4 is 49.0 Å². The Morgan fingerprint density at radius 3 is 2.53 bits per heavy atom. The van der Waals surface area contributed by atoms with Gasteiger partial charge in [-0.3, -0.25) is 9.52 Å². The van der Waals surface area contributed by atoms with Crippen molar-refractivity contribution in [3.63, 3.8) is 0 Å². The van der Waals surface area contributed by atoms with E-state index in [-0.39, 0.29) is 10.8 Å². The van der Waals surface area contributed by atoms with Crippen LogP contribution in [0.5, 0.6) is 0 Å². The van der Waals surface area contributed by atoms with Gasteiger partial charge in [0.25, 0.3) is 15.9 Å². The van der Waals surface area contributed by atoms with Crippen LogP contribution in [0.4, 0.5) is 10.8 Å². The van der Waals surface area contributed by atoms with E-state index in [4.69, 9.17) is 0 Å². The second-order valence-corrected chi connectivity index (χ2v) is 9.23. The number of benzene rings is 2. The van der Waals surface area contributed by atoms with Crippen molar-refractivity contribution in [2.45, 2.75) is 25.3 Å². The molecule has 7 nitrogen and oxygen atoms in total. The van der Waals surface area contributed by atoms with Crippen molar-refractivity contribution < 1.29 is 13.2 Å². The van der Waals surface area contributed by atoms with Gasteiger partial charge in [0.2, 0.25) is 0 Å². The molecule has 2 N–H and O–H groups in total. The van der Waals surface area contributed by atoms with Gasteiger partial charge in [-0.1, -0.05) is 18.2 Å². The smallest absolute Gasteiger partial charge is 0.272 e. The maximum atomic E-state index is 13.0. The summed E-state index contributed by atoms with van der Waals surface area (Å²) in [7, 11) is -3.73. The number of anilines is 2. The Hall–Kier alpha value is -3.17. The van der Waals surface area contributed by atoms with Crippen LogP contribution >= 0.6 is 11.3 Å². The van der Waals surface area contributed by atoms with Gasteiger partial charge >= 0.3 is 0 Å². The number of nitrogens with zero attached hydrogens (tertiary/aromatic N) is 2. The Labute approximate surface area is 178 Å². The molecule has 9 heteroatoms. The van der Waals surface area contributed by atoms with E-state index >= 15 is 0 Å². The van der Waals surface area contributed by atoms with Crippen molar-refractivity contribution in [3.05, 3.63) is 71.4 Å². The number of hydrogen-bond donors (Lipinski definition) is 2. The number of aryl methyl sites for hydroxylation is 2. The Balaban J connectivity index is 1.58. The molecule has 0 unspecified atom stereocenters. The average Bonchev–Trinajstić information content (AvgIpc) is 3.34. The number of sulfonamides is 1. The summed E-state index contributed by atoms with van der Waals surface area (Å²) in [5, 5.41) is 5.90. The van der Waals surface area contributed by atoms with E-state index in [1.165, 1.54) is 29.7 Å². The minimum absolute atomic E-state index is 0.0922. The third-order valence-corrected chi connectivity index (χ3v) is 7.00. The van der Waals surface area contributed by atoms with Crippen LogP contribution in [-0.2, 0) is 16.6 Å². The zero-order chi connectivity index (χ0) is 21.3. The molecule has 0 aliphatic carbocycles. The highest BCUT2D eigenvalue weighted by Gasteiger charge is 2.20. The minimum Gasteiger partial charge on any atom is -0.337 e. The van der Waals surface area contributed by atoms with E-state index in [1.54, 1.807) is 17.5 Å². The van der Waals surface area contributed by atoms with Gasteiger partial charge in [0.1, 0.15) is 5.69 Å². The number of amides is 1. The monoisotopic (exact) mass is 440 g/mol. The molecular formula is C21H20N4O3S2. The molecule has 2 aromatic heterocycles. The fourth-order valence-electron chi connectivity index (χ4n) is 3.45. The molecule has 0 fully saturated rings. The lowest BCUT2D eigenvalue weighted by Crippen LogP contribution is -2.18. The molecule has 4 rings (SSSR count). The molecule has 0 bridgehead atoms. The van der Waals surface area contributed by atoms with Crippen LogP contribution in [0.3, 0.4) is 0 Å². The predicted octanol–water partition coefficient (Wildman–Crippen LogP) is 4.48. The summed E-state index contributed by atoms with van der Waals surface area (Å²) in [6.07, 6.45) is 1.53. The van der Waals surface area contributed by atoms with Crippen molar-refractivity contribution in [1.29, 1.82) is 0 Å². The largest absolute Gasteiger partial charge is 0.337 e. The first-order valence-electron chi connectivity index (χ1n) is 9.32. The molecule has 154 valence electrons. The van der Waals surface area contributed by atoms with Crippen LogP contribution < -0.4 is 10.0 Å². The van der Waals surface area contributed by atoms with Crippen molar-refractivity contribution in [3.8, 4) is 0 Å². The molecule has 0 saturated heterocycles. The Kier molecular flexibility index (Phi) is 5.31. The zero-order valence-corrected chi connectivity index (χ0v) is 18.0. The van der Waals surface area contributed by atoms with E-state index in [2.05, 4.69) is 15.0 Å². The summed E-state index contributed by atoms with van der Waals surface area (Å²) >= 11 is 1.20. The van der Waals surface area contributed by atoms with Gasteiger partial charge < -0.3 is 9.88 Å². The van der Waals surface area contributed by atoms with Crippen LogP contribution in [0, 0.1) is 6.92 Å². The highest BCUT2D eigenvalue weighted by molar-refractivity contribution is 7.93. The normalized spacial score (nSPS) is 11.5. The van der Waals surface area contributed by atoms with E-state index in [0.29, 0.717) is 23.1 Å². The number of fused-ring (bicyclic) bond motifs is 1. The number of carbonyl (C=O) groups excluding carboxylic acids is 1. The van der Waals surface area contributed by atoms with Gasteiger partial charge in [-0.2, -0.15) is 0 Å². The highest BCUT2D eigenvalue weighted by Crippen LogP contribution is 2.27. The summed E-state index contributed by atoms with van der Waals surface area (Å²) in [5.41, 5.74) is 3.04. The molecular weight excluding hydrogens is 420 g/mol. The molecule has 4 aromatic rings.